The van der Waals surface area contributed by atoms with Crippen molar-refractivity contribution in [3.05, 3.63) is 71.8 Å². The number of carbonyl (C=O) groups is 1. The zero-order valence-electron chi connectivity index (χ0n) is 14.9. The van der Waals surface area contributed by atoms with Crippen molar-refractivity contribution in [3.63, 3.8) is 0 Å². The molecular formula is C22H24N2O2. The fourth-order valence-corrected chi connectivity index (χ4v) is 4.14. The molecule has 134 valence electrons. The van der Waals surface area contributed by atoms with Crippen molar-refractivity contribution in [2.75, 3.05) is 0 Å². The Kier molecular flexibility index (Phi) is 5.12. The number of benzene rings is 2. The Morgan fingerprint density at radius 2 is 1.58 bits per heavy atom. The van der Waals surface area contributed by atoms with Crippen LogP contribution in [0.3, 0.4) is 0 Å². The molecule has 0 spiro atoms. The molecule has 2 aromatic carbocycles. The van der Waals surface area contributed by atoms with Crippen LogP contribution in [0, 0.1) is 0 Å². The third-order valence-electron chi connectivity index (χ3n) is 5.43. The van der Waals surface area contributed by atoms with Gasteiger partial charge in [-0.2, -0.15) is 0 Å². The van der Waals surface area contributed by atoms with E-state index in [1.807, 2.05) is 18.2 Å². The number of fused-ring (bicyclic) bond motifs is 2. The highest BCUT2D eigenvalue weighted by Gasteiger charge is 2.36. The lowest BCUT2D eigenvalue weighted by Gasteiger charge is -2.46. The van der Waals surface area contributed by atoms with E-state index in [1.165, 1.54) is 24.8 Å². The van der Waals surface area contributed by atoms with Crippen LogP contribution in [0.5, 0.6) is 0 Å². The number of piperidine rings is 2. The molecule has 0 N–H and O–H groups in total. The van der Waals surface area contributed by atoms with Crippen LogP contribution in [0.1, 0.15) is 48.0 Å². The van der Waals surface area contributed by atoms with Crippen LogP contribution in [0.2, 0.25) is 0 Å². The molecule has 2 aliphatic heterocycles. The molecule has 4 nitrogen and oxygen atoms in total. The number of rotatable bonds is 4. The van der Waals surface area contributed by atoms with Gasteiger partial charge in [0.2, 0.25) is 0 Å². The lowest BCUT2D eigenvalue weighted by Crippen LogP contribution is -2.51. The van der Waals surface area contributed by atoms with Gasteiger partial charge < -0.3 is 4.84 Å². The van der Waals surface area contributed by atoms with Gasteiger partial charge in [-0.3, -0.25) is 4.90 Å². The van der Waals surface area contributed by atoms with Crippen molar-refractivity contribution in [2.45, 2.75) is 50.7 Å². The van der Waals surface area contributed by atoms with Gasteiger partial charge in [-0.05, 0) is 30.5 Å². The standard InChI is InChI=1S/C22H24N2O2/c25-22(18-10-5-2-6-11-18)26-23-19-14-20-12-7-13-21(15-19)24(20)16-17-8-3-1-4-9-17/h1-6,8-11,20-21H,7,12-16H2/t20-,21+. The Bertz CT molecular complexity index is 757. The average Bonchev–Trinajstić information content (AvgIpc) is 2.68. The SMILES string of the molecule is O=C(ON=C1C[C@H]2CCC[C@@H](C1)N2Cc1ccccc1)c1ccccc1. The molecule has 0 radical (unpaired) electrons. The maximum Gasteiger partial charge on any atom is 0.365 e. The van der Waals surface area contributed by atoms with Crippen LogP contribution in [0.4, 0.5) is 0 Å². The van der Waals surface area contributed by atoms with Gasteiger partial charge in [0, 0.05) is 31.5 Å². The number of carbonyl (C=O) groups excluding carboxylic acids is 1. The molecule has 2 bridgehead atoms. The van der Waals surface area contributed by atoms with Gasteiger partial charge >= 0.3 is 5.97 Å². The average molecular weight is 348 g/mol. The van der Waals surface area contributed by atoms with Crippen molar-refractivity contribution in [2.24, 2.45) is 5.16 Å². The maximum absolute atomic E-state index is 12.1. The molecule has 2 fully saturated rings. The molecule has 2 atom stereocenters. The Hall–Kier alpha value is -2.46. The predicted molar refractivity (Wildman–Crippen MR) is 102 cm³/mol. The molecule has 4 rings (SSSR count). The third kappa shape index (κ3) is 3.86. The molecule has 0 aliphatic carbocycles. The Morgan fingerprint density at radius 1 is 0.962 bits per heavy atom. The molecule has 0 unspecified atom stereocenters. The zero-order valence-corrected chi connectivity index (χ0v) is 14.9. The summed E-state index contributed by atoms with van der Waals surface area (Å²) < 4.78 is 0. The smallest absolute Gasteiger partial charge is 0.313 e. The van der Waals surface area contributed by atoms with Crippen LogP contribution < -0.4 is 0 Å². The van der Waals surface area contributed by atoms with Gasteiger partial charge in [-0.25, -0.2) is 4.79 Å². The minimum atomic E-state index is -0.380. The van der Waals surface area contributed by atoms with Gasteiger partial charge in [0.05, 0.1) is 11.3 Å². The van der Waals surface area contributed by atoms with Crippen molar-refractivity contribution >= 4 is 11.7 Å². The highest BCUT2D eigenvalue weighted by atomic mass is 16.7. The van der Waals surface area contributed by atoms with Crippen molar-refractivity contribution in [1.82, 2.24) is 4.90 Å². The second kappa shape index (κ2) is 7.83. The largest absolute Gasteiger partial charge is 0.365 e. The zero-order chi connectivity index (χ0) is 17.8. The summed E-state index contributed by atoms with van der Waals surface area (Å²) in [6.07, 6.45) is 5.44. The van der Waals surface area contributed by atoms with Gasteiger partial charge in [-0.1, -0.05) is 60.1 Å². The molecule has 0 amide bonds. The van der Waals surface area contributed by atoms with Crippen LogP contribution in [0.25, 0.3) is 0 Å². The van der Waals surface area contributed by atoms with Crippen LogP contribution >= 0.6 is 0 Å². The summed E-state index contributed by atoms with van der Waals surface area (Å²) in [5.74, 6) is -0.380. The fourth-order valence-electron chi connectivity index (χ4n) is 4.14. The third-order valence-corrected chi connectivity index (χ3v) is 5.43. The summed E-state index contributed by atoms with van der Waals surface area (Å²) in [6.45, 7) is 0.993. The predicted octanol–water partition coefficient (Wildman–Crippen LogP) is 4.42. The molecule has 4 heteroatoms. The first kappa shape index (κ1) is 17.0. The van der Waals surface area contributed by atoms with E-state index in [0.717, 1.165) is 25.1 Å². The molecule has 2 aliphatic rings. The summed E-state index contributed by atoms with van der Waals surface area (Å²) in [7, 11) is 0. The van der Waals surface area contributed by atoms with Gasteiger partial charge in [0.15, 0.2) is 0 Å². The highest BCUT2D eigenvalue weighted by Crippen LogP contribution is 2.34. The molecular weight excluding hydrogens is 324 g/mol. The van der Waals surface area contributed by atoms with E-state index in [4.69, 9.17) is 4.84 Å². The Labute approximate surface area is 154 Å². The van der Waals surface area contributed by atoms with E-state index >= 15 is 0 Å². The van der Waals surface area contributed by atoms with E-state index in [9.17, 15) is 4.79 Å². The van der Waals surface area contributed by atoms with Crippen molar-refractivity contribution in [3.8, 4) is 0 Å². The van der Waals surface area contributed by atoms with E-state index in [2.05, 4.69) is 40.4 Å². The van der Waals surface area contributed by atoms with E-state index in [0.29, 0.717) is 17.6 Å². The number of hydrogen-bond acceptors (Lipinski definition) is 4. The summed E-state index contributed by atoms with van der Waals surface area (Å²) >= 11 is 0. The molecule has 2 saturated heterocycles. The van der Waals surface area contributed by atoms with E-state index in [1.54, 1.807) is 12.1 Å². The number of nitrogens with zero attached hydrogens (tertiary/aromatic N) is 2. The van der Waals surface area contributed by atoms with Crippen LogP contribution in [-0.4, -0.2) is 28.7 Å². The number of oxime groups is 1. The second-order valence-corrected chi connectivity index (χ2v) is 7.21. The minimum Gasteiger partial charge on any atom is -0.313 e. The number of hydrogen-bond donors (Lipinski definition) is 0. The molecule has 0 aromatic heterocycles. The lowest BCUT2D eigenvalue weighted by molar-refractivity contribution is 0.0476. The first-order valence-corrected chi connectivity index (χ1v) is 9.41. The highest BCUT2D eigenvalue weighted by molar-refractivity contribution is 5.91. The van der Waals surface area contributed by atoms with Gasteiger partial charge in [0.1, 0.15) is 0 Å². The van der Waals surface area contributed by atoms with Gasteiger partial charge in [-0.15, -0.1) is 0 Å². The summed E-state index contributed by atoms with van der Waals surface area (Å²) in [6, 6.07) is 20.7. The summed E-state index contributed by atoms with van der Waals surface area (Å²) in [5.41, 5.74) is 2.92. The lowest BCUT2D eigenvalue weighted by atomic mass is 9.83. The summed E-state index contributed by atoms with van der Waals surface area (Å²) in [4.78, 5) is 19.9. The second-order valence-electron chi connectivity index (χ2n) is 7.21. The molecule has 2 heterocycles. The molecule has 2 aromatic rings. The van der Waals surface area contributed by atoms with E-state index in [-0.39, 0.29) is 5.97 Å². The topological polar surface area (TPSA) is 41.9 Å². The first-order chi connectivity index (χ1) is 12.8. The van der Waals surface area contributed by atoms with Crippen molar-refractivity contribution < 1.29 is 9.63 Å². The molecule has 26 heavy (non-hydrogen) atoms. The monoisotopic (exact) mass is 348 g/mol. The Balaban J connectivity index is 1.42. The Morgan fingerprint density at radius 3 is 2.23 bits per heavy atom. The van der Waals surface area contributed by atoms with Gasteiger partial charge in [0.25, 0.3) is 0 Å². The first-order valence-electron chi connectivity index (χ1n) is 9.41. The van der Waals surface area contributed by atoms with Crippen LogP contribution in [0.15, 0.2) is 65.8 Å². The summed E-state index contributed by atoms with van der Waals surface area (Å²) in [5, 5.41) is 4.22. The normalized spacial score (nSPS) is 24.4. The van der Waals surface area contributed by atoms with Crippen molar-refractivity contribution in [1.29, 1.82) is 0 Å². The maximum atomic E-state index is 12.1. The quantitative estimate of drug-likeness (QED) is 0.607. The fraction of sp³-hybridized carbons (Fsp3) is 0.364. The minimum absolute atomic E-state index is 0.380. The molecule has 0 saturated carbocycles. The van der Waals surface area contributed by atoms with E-state index < -0.39 is 0 Å². The van der Waals surface area contributed by atoms with Crippen LogP contribution in [-0.2, 0) is 11.4 Å².